The highest BCUT2D eigenvalue weighted by Crippen LogP contribution is 2.14. The number of hydrogen-bond donors (Lipinski definition) is 2. The minimum absolute atomic E-state index is 0.179. The lowest BCUT2D eigenvalue weighted by Crippen LogP contribution is -2.45. The fourth-order valence-electron chi connectivity index (χ4n) is 1.56. The van der Waals surface area contributed by atoms with Gasteiger partial charge in [0.2, 0.25) is 11.8 Å². The number of primary amides is 1. The summed E-state index contributed by atoms with van der Waals surface area (Å²) < 4.78 is 0. The van der Waals surface area contributed by atoms with Crippen LogP contribution in [-0.2, 0) is 9.59 Å². The number of rotatable bonds is 5. The molecule has 0 saturated heterocycles. The Hall–Kier alpha value is -1.84. The SMILES string of the molecule is CCC(NC(=O)C(C)c1ccccc1)C(N)=O. The average molecular weight is 234 g/mol. The molecular formula is C13H18N2O2. The summed E-state index contributed by atoms with van der Waals surface area (Å²) in [6, 6.07) is 8.83. The van der Waals surface area contributed by atoms with Crippen molar-refractivity contribution in [2.45, 2.75) is 32.2 Å². The monoisotopic (exact) mass is 234 g/mol. The standard InChI is InChI=1S/C13H18N2O2/c1-3-11(12(14)16)15-13(17)9(2)10-7-5-4-6-8-10/h4-9,11H,3H2,1-2H3,(H2,14,16)(H,15,17). The van der Waals surface area contributed by atoms with E-state index in [-0.39, 0.29) is 11.8 Å². The molecule has 0 heterocycles. The van der Waals surface area contributed by atoms with Gasteiger partial charge in [0, 0.05) is 0 Å². The Morgan fingerprint density at radius 2 is 1.88 bits per heavy atom. The van der Waals surface area contributed by atoms with Crippen molar-refractivity contribution < 1.29 is 9.59 Å². The highest BCUT2D eigenvalue weighted by molar-refractivity contribution is 5.89. The molecule has 3 N–H and O–H groups in total. The van der Waals surface area contributed by atoms with Crippen molar-refractivity contribution in [1.29, 1.82) is 0 Å². The Morgan fingerprint density at radius 1 is 1.29 bits per heavy atom. The van der Waals surface area contributed by atoms with E-state index in [4.69, 9.17) is 5.73 Å². The molecule has 4 heteroatoms. The quantitative estimate of drug-likeness (QED) is 0.802. The molecule has 17 heavy (non-hydrogen) atoms. The van der Waals surface area contributed by atoms with E-state index in [1.807, 2.05) is 37.3 Å². The van der Waals surface area contributed by atoms with Crippen LogP contribution in [0.15, 0.2) is 30.3 Å². The first-order chi connectivity index (χ1) is 8.06. The Balaban J connectivity index is 2.68. The molecule has 0 aromatic heterocycles. The highest BCUT2D eigenvalue weighted by Gasteiger charge is 2.20. The summed E-state index contributed by atoms with van der Waals surface area (Å²) in [5.74, 6) is -0.965. The summed E-state index contributed by atoms with van der Waals surface area (Å²) in [6.07, 6.45) is 0.503. The summed E-state index contributed by atoms with van der Waals surface area (Å²) in [4.78, 5) is 22.9. The van der Waals surface area contributed by atoms with Crippen molar-refractivity contribution in [2.24, 2.45) is 5.73 Å². The number of hydrogen-bond acceptors (Lipinski definition) is 2. The number of nitrogens with one attached hydrogen (secondary N) is 1. The molecule has 0 spiro atoms. The van der Waals surface area contributed by atoms with Gasteiger partial charge in [-0.1, -0.05) is 37.3 Å². The van der Waals surface area contributed by atoms with E-state index >= 15 is 0 Å². The van der Waals surface area contributed by atoms with Gasteiger partial charge in [-0.3, -0.25) is 9.59 Å². The van der Waals surface area contributed by atoms with Crippen LogP contribution in [0.4, 0.5) is 0 Å². The second kappa shape index (κ2) is 6.03. The molecule has 1 aromatic rings. The second-order valence-corrected chi connectivity index (χ2v) is 4.00. The lowest BCUT2D eigenvalue weighted by molar-refractivity contribution is -0.128. The number of benzene rings is 1. The fraction of sp³-hybridized carbons (Fsp3) is 0.385. The van der Waals surface area contributed by atoms with Crippen molar-refractivity contribution in [1.82, 2.24) is 5.32 Å². The van der Waals surface area contributed by atoms with Gasteiger partial charge in [0.15, 0.2) is 0 Å². The van der Waals surface area contributed by atoms with Gasteiger partial charge in [-0.15, -0.1) is 0 Å². The minimum Gasteiger partial charge on any atom is -0.368 e. The van der Waals surface area contributed by atoms with Crippen LogP contribution in [0.25, 0.3) is 0 Å². The Bertz CT molecular complexity index is 390. The predicted molar refractivity (Wildman–Crippen MR) is 66.3 cm³/mol. The summed E-state index contributed by atoms with van der Waals surface area (Å²) >= 11 is 0. The maximum Gasteiger partial charge on any atom is 0.239 e. The van der Waals surface area contributed by atoms with Gasteiger partial charge in [-0.2, -0.15) is 0 Å². The van der Waals surface area contributed by atoms with Crippen LogP contribution < -0.4 is 11.1 Å². The van der Waals surface area contributed by atoms with Crippen LogP contribution >= 0.6 is 0 Å². The van der Waals surface area contributed by atoms with Gasteiger partial charge in [0.05, 0.1) is 5.92 Å². The second-order valence-electron chi connectivity index (χ2n) is 4.00. The van der Waals surface area contributed by atoms with Crippen molar-refractivity contribution >= 4 is 11.8 Å². The number of carbonyl (C=O) groups is 2. The van der Waals surface area contributed by atoms with Gasteiger partial charge >= 0.3 is 0 Å². The maximum atomic E-state index is 11.9. The van der Waals surface area contributed by atoms with Crippen molar-refractivity contribution in [3.05, 3.63) is 35.9 Å². The molecule has 0 fully saturated rings. The predicted octanol–water partition coefficient (Wildman–Crippen LogP) is 1.17. The van der Waals surface area contributed by atoms with Gasteiger partial charge in [0.25, 0.3) is 0 Å². The molecule has 2 unspecified atom stereocenters. The summed E-state index contributed by atoms with van der Waals surface area (Å²) in [5.41, 5.74) is 6.10. The van der Waals surface area contributed by atoms with Gasteiger partial charge in [0.1, 0.15) is 6.04 Å². The zero-order valence-electron chi connectivity index (χ0n) is 10.1. The Labute approximate surface area is 101 Å². The topological polar surface area (TPSA) is 72.2 Å². The van der Waals surface area contributed by atoms with E-state index in [0.29, 0.717) is 6.42 Å². The maximum absolute atomic E-state index is 11.9. The van der Waals surface area contributed by atoms with E-state index in [2.05, 4.69) is 5.32 Å². The third kappa shape index (κ3) is 3.59. The number of amides is 2. The third-order valence-electron chi connectivity index (χ3n) is 2.76. The van der Waals surface area contributed by atoms with Crippen LogP contribution in [0.3, 0.4) is 0 Å². The van der Waals surface area contributed by atoms with Crippen LogP contribution in [0, 0.1) is 0 Å². The van der Waals surface area contributed by atoms with Gasteiger partial charge in [-0.25, -0.2) is 0 Å². The van der Waals surface area contributed by atoms with Crippen molar-refractivity contribution in [3.63, 3.8) is 0 Å². The molecule has 1 aromatic carbocycles. The van der Waals surface area contributed by atoms with E-state index in [9.17, 15) is 9.59 Å². The van der Waals surface area contributed by atoms with Gasteiger partial charge < -0.3 is 11.1 Å². The lowest BCUT2D eigenvalue weighted by Gasteiger charge is -2.17. The number of nitrogens with two attached hydrogens (primary N) is 1. The van der Waals surface area contributed by atoms with Crippen LogP contribution in [0.2, 0.25) is 0 Å². The van der Waals surface area contributed by atoms with Crippen molar-refractivity contribution in [3.8, 4) is 0 Å². The molecule has 0 aliphatic heterocycles. The van der Waals surface area contributed by atoms with E-state index in [0.717, 1.165) is 5.56 Å². The smallest absolute Gasteiger partial charge is 0.239 e. The first-order valence-electron chi connectivity index (χ1n) is 5.71. The highest BCUT2D eigenvalue weighted by atomic mass is 16.2. The van der Waals surface area contributed by atoms with E-state index in [1.165, 1.54) is 0 Å². The van der Waals surface area contributed by atoms with Gasteiger partial charge in [-0.05, 0) is 18.9 Å². The average Bonchev–Trinajstić information content (AvgIpc) is 2.35. The number of carbonyl (C=O) groups excluding carboxylic acids is 2. The lowest BCUT2D eigenvalue weighted by atomic mass is 10.00. The van der Waals surface area contributed by atoms with E-state index < -0.39 is 11.9 Å². The van der Waals surface area contributed by atoms with E-state index in [1.54, 1.807) is 6.92 Å². The summed E-state index contributed by atoms with van der Waals surface area (Å²) in [6.45, 7) is 3.61. The first-order valence-corrected chi connectivity index (χ1v) is 5.71. The normalized spacial score (nSPS) is 13.8. The van der Waals surface area contributed by atoms with Crippen LogP contribution in [0.1, 0.15) is 31.7 Å². The molecule has 4 nitrogen and oxygen atoms in total. The molecule has 2 amide bonds. The third-order valence-corrected chi connectivity index (χ3v) is 2.76. The van der Waals surface area contributed by atoms with Crippen LogP contribution in [0.5, 0.6) is 0 Å². The zero-order chi connectivity index (χ0) is 12.8. The van der Waals surface area contributed by atoms with Crippen molar-refractivity contribution in [2.75, 3.05) is 0 Å². The Morgan fingerprint density at radius 3 is 2.35 bits per heavy atom. The molecule has 0 aliphatic rings. The zero-order valence-corrected chi connectivity index (χ0v) is 10.1. The molecule has 2 atom stereocenters. The summed E-state index contributed by atoms with van der Waals surface area (Å²) in [5, 5.41) is 2.65. The minimum atomic E-state index is -0.589. The molecule has 0 radical (unpaired) electrons. The molecule has 0 aliphatic carbocycles. The first kappa shape index (κ1) is 13.2. The molecule has 92 valence electrons. The van der Waals surface area contributed by atoms with Crippen LogP contribution in [-0.4, -0.2) is 17.9 Å². The fourth-order valence-corrected chi connectivity index (χ4v) is 1.56. The molecule has 1 rings (SSSR count). The molecule has 0 saturated carbocycles. The Kier molecular flexibility index (Phi) is 4.69. The largest absolute Gasteiger partial charge is 0.368 e. The molecule has 0 bridgehead atoms. The summed E-state index contributed by atoms with van der Waals surface area (Å²) in [7, 11) is 0. The molecular weight excluding hydrogens is 216 g/mol.